The number of aliphatic hydroxyl groups excluding tert-OH is 2. The van der Waals surface area contributed by atoms with Gasteiger partial charge in [0.05, 0.1) is 18.1 Å². The summed E-state index contributed by atoms with van der Waals surface area (Å²) in [5, 5.41) is 17.6. The number of hydrogen-bond donors (Lipinski definition) is 2. The summed E-state index contributed by atoms with van der Waals surface area (Å²) in [6, 6.07) is 5.48. The van der Waals surface area contributed by atoms with Gasteiger partial charge in [-0.25, -0.2) is 0 Å². The van der Waals surface area contributed by atoms with Crippen molar-refractivity contribution in [1.82, 2.24) is 4.98 Å². The first-order valence-electron chi connectivity index (χ1n) is 3.26. The first-order chi connectivity index (χ1) is 5.38. The van der Waals surface area contributed by atoms with Gasteiger partial charge in [0.2, 0.25) is 0 Å². The second-order valence-corrected chi connectivity index (χ2v) is 4.11. The Hall–Kier alpha value is -0.500. The zero-order valence-corrected chi connectivity index (χ0v) is 6.91. The Morgan fingerprint density at radius 3 is 2.45 bits per heavy atom. The molecule has 4 heteroatoms. The summed E-state index contributed by atoms with van der Waals surface area (Å²) in [4.78, 5) is 4.03. The molecule has 0 spiro atoms. The fourth-order valence-corrected chi connectivity index (χ4v) is 1.64. The second-order valence-electron chi connectivity index (χ2n) is 2.01. The van der Waals surface area contributed by atoms with E-state index in [4.69, 9.17) is 10.2 Å². The Morgan fingerprint density at radius 2 is 2.00 bits per heavy atom. The van der Waals surface area contributed by atoms with Gasteiger partial charge in [-0.2, -0.15) is 0 Å². The van der Waals surface area contributed by atoms with Gasteiger partial charge in [0, 0.05) is 6.20 Å². The topological polar surface area (TPSA) is 53.4 Å². The molecule has 0 fully saturated rings. The Balaban J connectivity index is 2.74. The van der Waals surface area contributed by atoms with E-state index in [1.165, 1.54) is 0 Å². The lowest BCUT2D eigenvalue weighted by molar-refractivity contribution is 0.345. The highest BCUT2D eigenvalue weighted by molar-refractivity contribution is 7.64. The maximum absolute atomic E-state index is 8.81. The number of rotatable bonds is 3. The molecule has 3 nitrogen and oxygen atoms in total. The third-order valence-electron chi connectivity index (χ3n) is 1.31. The molecule has 1 aromatic rings. The minimum atomic E-state index is -0.851. The Bertz CT molecular complexity index is 201. The van der Waals surface area contributed by atoms with Gasteiger partial charge in [0.25, 0.3) is 0 Å². The van der Waals surface area contributed by atoms with E-state index < -0.39 is 7.92 Å². The van der Waals surface area contributed by atoms with Crippen molar-refractivity contribution in [3.8, 4) is 0 Å². The van der Waals surface area contributed by atoms with Crippen LogP contribution in [0.4, 0.5) is 0 Å². The number of aromatic nitrogens is 1. The van der Waals surface area contributed by atoms with Crippen molar-refractivity contribution in [2.24, 2.45) is 0 Å². The maximum atomic E-state index is 8.81. The van der Waals surface area contributed by atoms with E-state index in [1.807, 2.05) is 18.2 Å². The van der Waals surface area contributed by atoms with Crippen LogP contribution in [-0.2, 0) is 0 Å². The molecule has 0 saturated heterocycles. The zero-order chi connectivity index (χ0) is 8.10. The van der Waals surface area contributed by atoms with Crippen LogP contribution in [0.25, 0.3) is 0 Å². The average Bonchev–Trinajstić information content (AvgIpc) is 2.09. The van der Waals surface area contributed by atoms with Crippen molar-refractivity contribution in [3.05, 3.63) is 24.4 Å². The average molecular weight is 171 g/mol. The molecular weight excluding hydrogens is 161 g/mol. The third kappa shape index (κ3) is 2.22. The van der Waals surface area contributed by atoms with Crippen LogP contribution in [0.5, 0.6) is 0 Å². The quantitative estimate of drug-likeness (QED) is 0.633. The first-order valence-corrected chi connectivity index (χ1v) is 4.97. The van der Waals surface area contributed by atoms with Gasteiger partial charge < -0.3 is 10.2 Å². The summed E-state index contributed by atoms with van der Waals surface area (Å²) in [5.41, 5.74) is 0.799. The van der Waals surface area contributed by atoms with E-state index in [1.54, 1.807) is 6.20 Å². The predicted octanol–water partition coefficient (Wildman–Crippen LogP) is 0.0884. The minimum absolute atomic E-state index is 0.00282. The molecule has 0 saturated carbocycles. The Kier molecular flexibility index (Phi) is 3.43. The van der Waals surface area contributed by atoms with Crippen LogP contribution in [0, 0.1) is 0 Å². The van der Waals surface area contributed by atoms with Gasteiger partial charge in [-0.15, -0.1) is 0 Å². The first kappa shape index (κ1) is 8.60. The van der Waals surface area contributed by atoms with Crippen LogP contribution >= 0.6 is 7.92 Å². The van der Waals surface area contributed by atoms with Gasteiger partial charge >= 0.3 is 0 Å². The molecular formula is C7H10NO2P. The zero-order valence-electron chi connectivity index (χ0n) is 6.01. The maximum Gasteiger partial charge on any atom is 0.0703 e. The molecule has 0 atom stereocenters. The fraction of sp³-hybridized carbons (Fsp3) is 0.286. The highest BCUT2D eigenvalue weighted by Gasteiger charge is 2.07. The standard InChI is InChI=1S/C7H10NO2P/c9-5-11(6-10)7-3-1-2-4-8-7/h1-4,9-10H,5-6H2. The van der Waals surface area contributed by atoms with E-state index in [-0.39, 0.29) is 12.7 Å². The van der Waals surface area contributed by atoms with Gasteiger partial charge in [0.1, 0.15) is 0 Å². The SMILES string of the molecule is OCP(CO)c1ccccn1. The van der Waals surface area contributed by atoms with Crippen molar-refractivity contribution in [2.45, 2.75) is 0 Å². The van der Waals surface area contributed by atoms with Crippen molar-refractivity contribution in [1.29, 1.82) is 0 Å². The molecule has 1 heterocycles. The molecule has 11 heavy (non-hydrogen) atoms. The summed E-state index contributed by atoms with van der Waals surface area (Å²) in [6.07, 6.45) is 1.67. The largest absolute Gasteiger partial charge is 0.391 e. The van der Waals surface area contributed by atoms with Crippen LogP contribution in [-0.4, -0.2) is 27.9 Å². The molecule has 0 bridgehead atoms. The molecule has 0 aliphatic heterocycles. The summed E-state index contributed by atoms with van der Waals surface area (Å²) in [5.74, 6) is 0. The molecule has 1 rings (SSSR count). The Labute approximate surface area is 66.5 Å². The van der Waals surface area contributed by atoms with Crippen molar-refractivity contribution < 1.29 is 10.2 Å². The highest BCUT2D eigenvalue weighted by Crippen LogP contribution is 2.29. The van der Waals surface area contributed by atoms with Gasteiger partial charge in [0.15, 0.2) is 0 Å². The lowest BCUT2D eigenvalue weighted by Crippen LogP contribution is -2.09. The number of nitrogens with zero attached hydrogens (tertiary/aromatic N) is 1. The predicted molar refractivity (Wildman–Crippen MR) is 45.0 cm³/mol. The lowest BCUT2D eigenvalue weighted by atomic mass is 10.5. The molecule has 60 valence electrons. The molecule has 1 aromatic heterocycles. The van der Waals surface area contributed by atoms with Crippen molar-refractivity contribution >= 4 is 13.4 Å². The van der Waals surface area contributed by atoms with Gasteiger partial charge in [-0.3, -0.25) is 4.98 Å². The summed E-state index contributed by atoms with van der Waals surface area (Å²) < 4.78 is 0. The summed E-state index contributed by atoms with van der Waals surface area (Å²) >= 11 is 0. The smallest absolute Gasteiger partial charge is 0.0703 e. The fourth-order valence-electron chi connectivity index (χ4n) is 0.730. The third-order valence-corrected chi connectivity index (χ3v) is 2.91. The molecule has 0 amide bonds. The summed E-state index contributed by atoms with van der Waals surface area (Å²) in [7, 11) is -0.851. The van der Waals surface area contributed by atoms with Gasteiger partial charge in [-0.1, -0.05) is 6.07 Å². The van der Waals surface area contributed by atoms with E-state index >= 15 is 0 Å². The van der Waals surface area contributed by atoms with Crippen molar-refractivity contribution in [3.63, 3.8) is 0 Å². The van der Waals surface area contributed by atoms with Gasteiger partial charge in [-0.05, 0) is 20.1 Å². The molecule has 0 aromatic carbocycles. The Morgan fingerprint density at radius 1 is 1.27 bits per heavy atom. The molecule has 0 aliphatic rings. The minimum Gasteiger partial charge on any atom is -0.391 e. The molecule has 0 radical (unpaired) electrons. The molecule has 0 aliphatic carbocycles. The number of hydrogen-bond acceptors (Lipinski definition) is 3. The van der Waals surface area contributed by atoms with Crippen LogP contribution < -0.4 is 5.44 Å². The monoisotopic (exact) mass is 171 g/mol. The van der Waals surface area contributed by atoms with Crippen molar-refractivity contribution in [2.75, 3.05) is 12.7 Å². The molecule has 0 unspecified atom stereocenters. The number of pyridine rings is 1. The van der Waals surface area contributed by atoms with Crippen LogP contribution in [0.2, 0.25) is 0 Å². The normalized spacial score (nSPS) is 10.5. The van der Waals surface area contributed by atoms with E-state index in [2.05, 4.69) is 4.98 Å². The van der Waals surface area contributed by atoms with E-state index in [0.29, 0.717) is 0 Å². The van der Waals surface area contributed by atoms with E-state index in [9.17, 15) is 0 Å². The van der Waals surface area contributed by atoms with Crippen LogP contribution in [0.1, 0.15) is 0 Å². The second kappa shape index (κ2) is 4.39. The van der Waals surface area contributed by atoms with Crippen LogP contribution in [0.15, 0.2) is 24.4 Å². The molecule has 2 N–H and O–H groups in total. The lowest BCUT2D eigenvalue weighted by Gasteiger charge is -2.08. The van der Waals surface area contributed by atoms with Crippen LogP contribution in [0.3, 0.4) is 0 Å². The summed E-state index contributed by atoms with van der Waals surface area (Å²) in [6.45, 7) is 0. The highest BCUT2D eigenvalue weighted by atomic mass is 31.1. The van der Waals surface area contributed by atoms with E-state index in [0.717, 1.165) is 5.44 Å². The number of aliphatic hydroxyl groups is 2.